The monoisotopic (exact) mass is 417 g/mol. The van der Waals surface area contributed by atoms with Crippen LogP contribution in [0.3, 0.4) is 0 Å². The quantitative estimate of drug-likeness (QED) is 0.573. The van der Waals surface area contributed by atoms with Crippen LogP contribution >= 0.6 is 0 Å². The van der Waals surface area contributed by atoms with Crippen molar-refractivity contribution >= 4 is 29.4 Å². The van der Waals surface area contributed by atoms with Crippen molar-refractivity contribution < 1.29 is 23.9 Å². The van der Waals surface area contributed by atoms with Crippen LogP contribution in [-0.2, 0) is 32.1 Å². The molecule has 3 amide bonds. The lowest BCUT2D eigenvalue weighted by Gasteiger charge is -2.18. The number of carbonyl (C=O) groups excluding carboxylic acids is 4. The van der Waals surface area contributed by atoms with Crippen LogP contribution in [0.1, 0.15) is 21.5 Å². The Balaban J connectivity index is 1.60. The maximum absolute atomic E-state index is 12.9. The van der Waals surface area contributed by atoms with Crippen LogP contribution in [0, 0.1) is 0 Å². The highest BCUT2D eigenvalue weighted by atomic mass is 16.5. The molecule has 2 N–H and O–H groups in total. The Labute approximate surface area is 178 Å². The summed E-state index contributed by atoms with van der Waals surface area (Å²) in [6, 6.07) is 11.0. The molecule has 4 rings (SSSR count). The van der Waals surface area contributed by atoms with Crippen molar-refractivity contribution in [1.29, 1.82) is 0 Å². The van der Waals surface area contributed by atoms with Gasteiger partial charge in [-0.3, -0.25) is 19.3 Å². The van der Waals surface area contributed by atoms with E-state index in [2.05, 4.69) is 28.5 Å². The number of rotatable bonds is 5. The van der Waals surface area contributed by atoms with Gasteiger partial charge in [-0.2, -0.15) is 0 Å². The van der Waals surface area contributed by atoms with Gasteiger partial charge in [0.05, 0.1) is 20.1 Å². The van der Waals surface area contributed by atoms with E-state index in [1.807, 2.05) is 24.3 Å². The number of benzene rings is 2. The number of ether oxygens (including phenoxy) is 1. The molecule has 2 aliphatic rings. The van der Waals surface area contributed by atoms with Crippen molar-refractivity contribution in [2.45, 2.75) is 13.0 Å². The average Bonchev–Trinajstić information content (AvgIpc) is 3.30. The minimum Gasteiger partial charge on any atom is -0.464 e. The van der Waals surface area contributed by atoms with Gasteiger partial charge in [0.1, 0.15) is 11.4 Å². The van der Waals surface area contributed by atoms with E-state index in [0.717, 1.165) is 27.9 Å². The Hall–Kier alpha value is -4.20. The summed E-state index contributed by atoms with van der Waals surface area (Å²) >= 11 is 0. The molecule has 2 heterocycles. The Morgan fingerprint density at radius 3 is 2.61 bits per heavy atom. The fraction of sp³-hybridized carbons (Fsp3) is 0.130. The van der Waals surface area contributed by atoms with Crippen LogP contribution in [0.2, 0.25) is 0 Å². The highest BCUT2D eigenvalue weighted by Gasteiger charge is 2.34. The first-order valence-corrected chi connectivity index (χ1v) is 9.44. The molecular weight excluding hydrogens is 398 g/mol. The molecule has 0 spiro atoms. The molecule has 0 fully saturated rings. The minimum atomic E-state index is -0.789. The van der Waals surface area contributed by atoms with Gasteiger partial charge in [0.25, 0.3) is 11.8 Å². The lowest BCUT2D eigenvalue weighted by atomic mass is 9.95. The number of methoxy groups -OCH3 is 1. The van der Waals surface area contributed by atoms with Gasteiger partial charge in [-0.15, -0.1) is 0 Å². The van der Waals surface area contributed by atoms with Gasteiger partial charge in [0, 0.05) is 11.3 Å². The van der Waals surface area contributed by atoms with Crippen LogP contribution in [0.4, 0.5) is 5.69 Å². The van der Waals surface area contributed by atoms with E-state index in [1.54, 1.807) is 12.1 Å². The Morgan fingerprint density at radius 2 is 1.87 bits per heavy atom. The van der Waals surface area contributed by atoms with E-state index in [1.165, 1.54) is 12.0 Å². The maximum Gasteiger partial charge on any atom is 0.353 e. The highest BCUT2D eigenvalue weighted by Crippen LogP contribution is 2.36. The smallest absolute Gasteiger partial charge is 0.353 e. The number of esters is 1. The van der Waals surface area contributed by atoms with Crippen LogP contribution in [0.25, 0.3) is 11.1 Å². The molecule has 2 aliphatic heterocycles. The van der Waals surface area contributed by atoms with Gasteiger partial charge in [-0.25, -0.2) is 4.79 Å². The number of hydrogen-bond donors (Lipinski definition) is 2. The van der Waals surface area contributed by atoms with Crippen molar-refractivity contribution in [2.75, 3.05) is 12.4 Å². The number of amides is 3. The lowest BCUT2D eigenvalue weighted by molar-refractivity contribution is -0.137. The van der Waals surface area contributed by atoms with E-state index in [4.69, 9.17) is 0 Å². The summed E-state index contributed by atoms with van der Waals surface area (Å²) < 4.78 is 4.50. The summed E-state index contributed by atoms with van der Waals surface area (Å²) in [5.74, 6) is -1.93. The molecule has 0 saturated carbocycles. The summed E-state index contributed by atoms with van der Waals surface area (Å²) in [7, 11) is 1.17. The molecule has 0 unspecified atom stereocenters. The van der Waals surface area contributed by atoms with E-state index in [-0.39, 0.29) is 29.8 Å². The number of carbonyl (C=O) groups is 4. The van der Waals surface area contributed by atoms with Crippen molar-refractivity contribution in [1.82, 2.24) is 10.2 Å². The highest BCUT2D eigenvalue weighted by molar-refractivity contribution is 6.08. The van der Waals surface area contributed by atoms with Crippen molar-refractivity contribution in [3.8, 4) is 11.1 Å². The second-order valence-corrected chi connectivity index (χ2v) is 7.19. The molecule has 8 nitrogen and oxygen atoms in total. The zero-order valence-corrected chi connectivity index (χ0v) is 16.8. The van der Waals surface area contributed by atoms with Crippen LogP contribution in [-0.4, -0.2) is 35.7 Å². The standard InChI is InChI=1S/C23H19N3O5/c1-12(23(30)31-3)24-21(28)13(2)26-11-18-16(5-4-6-17(18)22(26)29)14-7-8-15-10-20(27)25-19(15)9-14/h4-9H,1-2,10-11H2,3H3,(H,24,28)(H,25,27). The molecule has 8 heteroatoms. The summed E-state index contributed by atoms with van der Waals surface area (Å²) in [5, 5.41) is 5.12. The maximum atomic E-state index is 12.9. The third kappa shape index (κ3) is 3.48. The van der Waals surface area contributed by atoms with Crippen LogP contribution in [0.15, 0.2) is 61.0 Å². The topological polar surface area (TPSA) is 105 Å². The largest absolute Gasteiger partial charge is 0.464 e. The zero-order chi connectivity index (χ0) is 22.3. The first-order valence-electron chi connectivity index (χ1n) is 9.44. The third-order valence-corrected chi connectivity index (χ3v) is 5.30. The summed E-state index contributed by atoms with van der Waals surface area (Å²) in [4.78, 5) is 49.8. The summed E-state index contributed by atoms with van der Waals surface area (Å²) in [5.41, 5.74) is 4.20. The number of anilines is 1. The molecule has 2 aromatic carbocycles. The van der Waals surface area contributed by atoms with E-state index >= 15 is 0 Å². The number of nitrogens with zero attached hydrogens (tertiary/aromatic N) is 1. The molecular formula is C23H19N3O5. The van der Waals surface area contributed by atoms with Crippen molar-refractivity contribution in [3.63, 3.8) is 0 Å². The Bertz CT molecular complexity index is 1200. The predicted octanol–water partition coefficient (Wildman–Crippen LogP) is 2.12. The predicted molar refractivity (Wildman–Crippen MR) is 113 cm³/mol. The zero-order valence-electron chi connectivity index (χ0n) is 16.8. The van der Waals surface area contributed by atoms with Gasteiger partial charge in [0.15, 0.2) is 0 Å². The van der Waals surface area contributed by atoms with Gasteiger partial charge >= 0.3 is 5.97 Å². The second-order valence-electron chi connectivity index (χ2n) is 7.19. The summed E-state index contributed by atoms with van der Waals surface area (Å²) in [6.07, 6.45) is 0.348. The molecule has 0 radical (unpaired) electrons. The molecule has 0 aromatic heterocycles. The van der Waals surface area contributed by atoms with Gasteiger partial charge < -0.3 is 15.4 Å². The van der Waals surface area contributed by atoms with Crippen LogP contribution in [0.5, 0.6) is 0 Å². The fourth-order valence-electron chi connectivity index (χ4n) is 3.71. The lowest BCUT2D eigenvalue weighted by Crippen LogP contribution is -2.36. The molecule has 2 aromatic rings. The molecule has 0 atom stereocenters. The van der Waals surface area contributed by atoms with Gasteiger partial charge in [0.2, 0.25) is 5.91 Å². The minimum absolute atomic E-state index is 0.0531. The fourth-order valence-corrected chi connectivity index (χ4v) is 3.71. The molecule has 0 saturated heterocycles. The molecule has 0 bridgehead atoms. The first-order chi connectivity index (χ1) is 14.8. The van der Waals surface area contributed by atoms with E-state index in [9.17, 15) is 19.2 Å². The molecule has 31 heavy (non-hydrogen) atoms. The average molecular weight is 417 g/mol. The first kappa shape index (κ1) is 20.1. The molecule has 0 aliphatic carbocycles. The van der Waals surface area contributed by atoms with E-state index in [0.29, 0.717) is 12.0 Å². The second kappa shape index (κ2) is 7.56. The number of hydrogen-bond acceptors (Lipinski definition) is 5. The molecule has 156 valence electrons. The van der Waals surface area contributed by atoms with Gasteiger partial charge in [-0.05, 0) is 34.4 Å². The Morgan fingerprint density at radius 1 is 1.13 bits per heavy atom. The van der Waals surface area contributed by atoms with Crippen molar-refractivity contribution in [3.05, 3.63) is 77.6 Å². The third-order valence-electron chi connectivity index (χ3n) is 5.30. The number of nitrogens with one attached hydrogen (secondary N) is 2. The van der Waals surface area contributed by atoms with E-state index < -0.39 is 11.9 Å². The normalized spacial score (nSPS) is 13.9. The van der Waals surface area contributed by atoms with Crippen LogP contribution < -0.4 is 10.6 Å². The Kier molecular flexibility index (Phi) is 4.90. The number of fused-ring (bicyclic) bond motifs is 2. The SMILES string of the molecule is C=C(NC(=O)C(=C)N1Cc2c(cccc2-c2ccc3c(c2)NC(=O)C3)C1=O)C(=O)OC. The summed E-state index contributed by atoms with van der Waals surface area (Å²) in [6.45, 7) is 7.30. The van der Waals surface area contributed by atoms with Crippen molar-refractivity contribution in [2.24, 2.45) is 0 Å². The van der Waals surface area contributed by atoms with Gasteiger partial charge in [-0.1, -0.05) is 37.4 Å².